The first-order valence-corrected chi connectivity index (χ1v) is 10.9. The highest BCUT2D eigenvalue weighted by atomic mass is 35.5. The summed E-state index contributed by atoms with van der Waals surface area (Å²) in [6.07, 6.45) is 1.97. The second-order valence-electron chi connectivity index (χ2n) is 6.96. The molecule has 1 aliphatic rings. The number of carbonyl (C=O) groups excluding carboxylic acids is 1. The van der Waals surface area contributed by atoms with Crippen molar-refractivity contribution in [3.63, 3.8) is 0 Å². The van der Waals surface area contributed by atoms with Gasteiger partial charge in [0.05, 0.1) is 36.7 Å². The molecule has 0 saturated carbocycles. The number of aryl methyl sites for hydroxylation is 2. The Balaban J connectivity index is 1.91. The zero-order chi connectivity index (χ0) is 22.2. The highest BCUT2D eigenvalue weighted by Crippen LogP contribution is 2.37. The number of nitrogens with zero attached hydrogens (tertiary/aromatic N) is 3. The number of benzene rings is 1. The normalized spacial score (nSPS) is 21.3. The van der Waals surface area contributed by atoms with Crippen molar-refractivity contribution in [2.45, 2.75) is 25.4 Å². The summed E-state index contributed by atoms with van der Waals surface area (Å²) in [5.74, 6) is 0.174. The first-order chi connectivity index (χ1) is 14.1. The predicted molar refractivity (Wildman–Crippen MR) is 112 cm³/mol. The van der Waals surface area contributed by atoms with E-state index in [1.807, 2.05) is 0 Å². The molecule has 1 fully saturated rings. The third kappa shape index (κ3) is 4.24. The van der Waals surface area contributed by atoms with E-state index in [-0.39, 0.29) is 6.42 Å². The molecular formula is C18H24ClN5O5S. The number of halogens is 1. The van der Waals surface area contributed by atoms with Crippen LogP contribution in [0.5, 0.6) is 11.5 Å². The van der Waals surface area contributed by atoms with E-state index in [4.69, 9.17) is 21.1 Å². The molecule has 164 valence electrons. The van der Waals surface area contributed by atoms with Gasteiger partial charge in [-0.3, -0.25) is 9.48 Å². The number of anilines is 1. The van der Waals surface area contributed by atoms with Gasteiger partial charge in [0.25, 0.3) is 10.2 Å². The Hall–Kier alpha value is -2.34. The fourth-order valence-corrected chi connectivity index (χ4v) is 4.94. The minimum Gasteiger partial charge on any atom is -0.495 e. The maximum absolute atomic E-state index is 13.1. The number of amides is 1. The van der Waals surface area contributed by atoms with Gasteiger partial charge in [-0.1, -0.05) is 11.6 Å². The molecule has 2 heterocycles. The summed E-state index contributed by atoms with van der Waals surface area (Å²) in [6.45, 7) is 1.79. The molecule has 1 aromatic heterocycles. The van der Waals surface area contributed by atoms with Gasteiger partial charge in [0.1, 0.15) is 17.5 Å². The molecule has 3 rings (SSSR count). The third-order valence-electron chi connectivity index (χ3n) is 5.03. The van der Waals surface area contributed by atoms with Crippen LogP contribution >= 0.6 is 11.6 Å². The van der Waals surface area contributed by atoms with Gasteiger partial charge in [-0.2, -0.15) is 22.5 Å². The molecule has 0 radical (unpaired) electrons. The lowest BCUT2D eigenvalue weighted by molar-refractivity contribution is -0.120. The van der Waals surface area contributed by atoms with Crippen molar-refractivity contribution in [2.75, 3.05) is 26.6 Å². The van der Waals surface area contributed by atoms with Crippen LogP contribution in [0.25, 0.3) is 0 Å². The van der Waals surface area contributed by atoms with Crippen molar-refractivity contribution in [1.29, 1.82) is 0 Å². The fourth-order valence-electron chi connectivity index (χ4n) is 3.45. The molecule has 0 aliphatic carbocycles. The Kier molecular flexibility index (Phi) is 6.27. The number of hydrogen-bond acceptors (Lipinski definition) is 6. The summed E-state index contributed by atoms with van der Waals surface area (Å²) in [6, 6.07) is 1.50. The average Bonchev–Trinajstić information content (AvgIpc) is 3.02. The Morgan fingerprint density at radius 2 is 1.93 bits per heavy atom. The highest BCUT2D eigenvalue weighted by molar-refractivity contribution is 7.87. The molecule has 10 nitrogen and oxygen atoms in total. The van der Waals surface area contributed by atoms with E-state index in [1.54, 1.807) is 24.9 Å². The molecule has 1 amide bonds. The first-order valence-electron chi connectivity index (χ1n) is 9.05. The number of hydrogen-bond donors (Lipinski definition) is 2. The smallest absolute Gasteiger partial charge is 0.280 e. The van der Waals surface area contributed by atoms with E-state index in [1.165, 1.54) is 33.4 Å². The number of carbonyl (C=O) groups is 1. The van der Waals surface area contributed by atoms with E-state index in [9.17, 15) is 13.2 Å². The van der Waals surface area contributed by atoms with E-state index in [0.29, 0.717) is 27.9 Å². The lowest BCUT2D eigenvalue weighted by atomic mass is 10.00. The summed E-state index contributed by atoms with van der Waals surface area (Å²) in [5.41, 5.74) is 1.73. The largest absolute Gasteiger partial charge is 0.495 e. The quantitative estimate of drug-likeness (QED) is 0.705. The maximum atomic E-state index is 13.1. The van der Waals surface area contributed by atoms with Gasteiger partial charge in [-0.25, -0.2) is 0 Å². The zero-order valence-electron chi connectivity index (χ0n) is 17.3. The van der Waals surface area contributed by atoms with Crippen LogP contribution in [0.4, 0.5) is 5.69 Å². The van der Waals surface area contributed by atoms with Crippen molar-refractivity contribution >= 4 is 33.4 Å². The van der Waals surface area contributed by atoms with Crippen molar-refractivity contribution < 1.29 is 22.7 Å². The van der Waals surface area contributed by atoms with Gasteiger partial charge in [-0.15, -0.1) is 0 Å². The topological polar surface area (TPSA) is 115 Å². The first kappa shape index (κ1) is 22.3. The van der Waals surface area contributed by atoms with Crippen molar-refractivity contribution in [3.8, 4) is 11.5 Å². The molecule has 1 aromatic carbocycles. The molecule has 1 saturated heterocycles. The molecule has 12 heteroatoms. The second-order valence-corrected chi connectivity index (χ2v) is 9.13. The molecule has 1 aliphatic heterocycles. The summed E-state index contributed by atoms with van der Waals surface area (Å²) in [7, 11) is 2.13. The lowest BCUT2D eigenvalue weighted by Gasteiger charge is -2.36. The van der Waals surface area contributed by atoms with Crippen LogP contribution in [0.15, 0.2) is 18.3 Å². The molecule has 2 atom stereocenters. The number of nitrogens with one attached hydrogen (secondary N) is 2. The molecular weight excluding hydrogens is 434 g/mol. The van der Waals surface area contributed by atoms with Gasteiger partial charge in [0.2, 0.25) is 5.91 Å². The van der Waals surface area contributed by atoms with Gasteiger partial charge >= 0.3 is 0 Å². The molecule has 30 heavy (non-hydrogen) atoms. The van der Waals surface area contributed by atoms with Gasteiger partial charge < -0.3 is 14.8 Å². The van der Waals surface area contributed by atoms with Gasteiger partial charge in [0, 0.05) is 38.0 Å². The molecule has 0 unspecified atom stereocenters. The van der Waals surface area contributed by atoms with Crippen LogP contribution in [0, 0.1) is 6.92 Å². The Morgan fingerprint density at radius 3 is 2.50 bits per heavy atom. The van der Waals surface area contributed by atoms with E-state index < -0.39 is 28.2 Å². The molecule has 2 aromatic rings. The van der Waals surface area contributed by atoms with Crippen LogP contribution in [0.1, 0.15) is 23.7 Å². The molecule has 2 N–H and O–H groups in total. The van der Waals surface area contributed by atoms with E-state index in [0.717, 1.165) is 9.87 Å². The number of likely N-dealkylation sites (N-methyl/N-ethyl adjacent to an activating group) is 1. The molecule has 0 bridgehead atoms. The fraction of sp³-hybridized carbons (Fsp3) is 0.444. The number of aromatic nitrogens is 2. The predicted octanol–water partition coefficient (Wildman–Crippen LogP) is 1.62. The van der Waals surface area contributed by atoms with Crippen LogP contribution in [0.2, 0.25) is 5.02 Å². The Labute approximate surface area is 180 Å². The van der Waals surface area contributed by atoms with Crippen molar-refractivity contribution in [3.05, 3.63) is 34.6 Å². The average molecular weight is 458 g/mol. The zero-order valence-corrected chi connectivity index (χ0v) is 18.8. The third-order valence-corrected chi connectivity index (χ3v) is 6.92. The van der Waals surface area contributed by atoms with Crippen LogP contribution in [0.3, 0.4) is 0 Å². The second kappa shape index (κ2) is 8.42. The standard InChI is InChI=1S/C18H24ClN5O5S/c1-10-11(9-23(2)21-10)13-7-15(24(3)30(26,27)22-13)18(25)20-14-8-16(28-4)12(19)6-17(14)29-5/h6,8-9,13,15,22H,7H2,1-5H3,(H,20,25)/t13-,15-/m1/s1. The van der Waals surface area contributed by atoms with Gasteiger partial charge in [-0.05, 0) is 13.3 Å². The SMILES string of the molecule is COc1cc(NC(=O)[C@H]2C[C@H](c3cn(C)nc3C)NS(=O)(=O)N2C)c(OC)cc1Cl. The van der Waals surface area contributed by atoms with Crippen LogP contribution in [-0.4, -0.2) is 55.7 Å². The van der Waals surface area contributed by atoms with Crippen molar-refractivity contribution in [2.24, 2.45) is 7.05 Å². The monoisotopic (exact) mass is 457 g/mol. The van der Waals surface area contributed by atoms with E-state index >= 15 is 0 Å². The van der Waals surface area contributed by atoms with Gasteiger partial charge in [0.15, 0.2) is 0 Å². The van der Waals surface area contributed by atoms with Crippen LogP contribution in [-0.2, 0) is 22.1 Å². The summed E-state index contributed by atoms with van der Waals surface area (Å²) in [4.78, 5) is 13.1. The Morgan fingerprint density at radius 1 is 1.27 bits per heavy atom. The molecule has 0 spiro atoms. The number of methoxy groups -OCH3 is 2. The van der Waals surface area contributed by atoms with E-state index in [2.05, 4.69) is 15.1 Å². The number of rotatable bonds is 5. The minimum atomic E-state index is -3.88. The van der Waals surface area contributed by atoms with Crippen LogP contribution < -0.4 is 19.5 Å². The highest BCUT2D eigenvalue weighted by Gasteiger charge is 2.41. The lowest BCUT2D eigenvalue weighted by Crippen LogP contribution is -2.56. The maximum Gasteiger partial charge on any atom is 0.280 e. The number of ether oxygens (including phenoxy) is 2. The summed E-state index contributed by atoms with van der Waals surface area (Å²) >= 11 is 6.11. The summed E-state index contributed by atoms with van der Waals surface area (Å²) < 4.78 is 41.0. The van der Waals surface area contributed by atoms with Crippen molar-refractivity contribution in [1.82, 2.24) is 18.8 Å². The minimum absolute atomic E-state index is 0.223. The summed E-state index contributed by atoms with van der Waals surface area (Å²) in [5, 5.41) is 7.32. The Bertz CT molecular complexity index is 1070.